The van der Waals surface area contributed by atoms with Crippen LogP contribution < -0.4 is 10.6 Å². The second-order valence-electron chi connectivity index (χ2n) is 6.36. The van der Waals surface area contributed by atoms with Gasteiger partial charge in [0.2, 0.25) is 10.0 Å². The summed E-state index contributed by atoms with van der Waals surface area (Å²) < 4.78 is 37.6. The molecule has 166 valence electrons. The molecule has 29 heavy (non-hydrogen) atoms. The summed E-state index contributed by atoms with van der Waals surface area (Å²) in [5.41, 5.74) is 1.68. The fourth-order valence-electron chi connectivity index (χ4n) is 2.86. The minimum absolute atomic E-state index is 0. The number of nitrogens with zero attached hydrogens (tertiary/aromatic N) is 2. The molecule has 1 saturated heterocycles. The third kappa shape index (κ3) is 9.16. The first-order valence-electron chi connectivity index (χ1n) is 9.79. The van der Waals surface area contributed by atoms with Crippen LogP contribution in [0.4, 0.5) is 0 Å². The zero-order chi connectivity index (χ0) is 20.2. The average molecular weight is 540 g/mol. The van der Waals surface area contributed by atoms with Crippen LogP contribution in [0.1, 0.15) is 25.0 Å². The second-order valence-corrected chi connectivity index (χ2v) is 8.32. The number of hydrogen-bond acceptors (Lipinski definition) is 5. The molecule has 1 fully saturated rings. The van der Waals surface area contributed by atoms with Crippen LogP contribution in [-0.2, 0) is 31.8 Å². The van der Waals surface area contributed by atoms with Gasteiger partial charge >= 0.3 is 0 Å². The van der Waals surface area contributed by atoms with Crippen molar-refractivity contribution in [3.63, 3.8) is 0 Å². The molecule has 1 heterocycles. The molecule has 0 atom stereocenters. The Kier molecular flexibility index (Phi) is 12.7. The minimum atomic E-state index is -3.37. The molecule has 0 bridgehead atoms. The molecule has 1 aliphatic rings. The number of halogens is 1. The van der Waals surface area contributed by atoms with Gasteiger partial charge < -0.3 is 20.1 Å². The minimum Gasteiger partial charge on any atom is -0.380 e. The molecule has 2 rings (SSSR count). The van der Waals surface area contributed by atoms with Crippen molar-refractivity contribution in [1.82, 2.24) is 14.9 Å². The Morgan fingerprint density at radius 1 is 1.17 bits per heavy atom. The molecule has 10 heteroatoms. The van der Waals surface area contributed by atoms with E-state index < -0.39 is 10.0 Å². The van der Waals surface area contributed by atoms with Crippen LogP contribution in [-0.4, -0.2) is 71.3 Å². The molecule has 1 aromatic rings. The predicted octanol–water partition coefficient (Wildman–Crippen LogP) is 1.56. The van der Waals surface area contributed by atoms with Crippen LogP contribution in [0.15, 0.2) is 29.3 Å². The molecule has 0 aromatic heterocycles. The Labute approximate surface area is 191 Å². The van der Waals surface area contributed by atoms with Crippen LogP contribution in [0.25, 0.3) is 0 Å². The lowest BCUT2D eigenvalue weighted by Gasteiger charge is -2.26. The molecule has 2 N–H and O–H groups in total. The fraction of sp³-hybridized carbons (Fsp3) is 0.632. The van der Waals surface area contributed by atoms with E-state index in [4.69, 9.17) is 9.47 Å². The van der Waals surface area contributed by atoms with Crippen molar-refractivity contribution in [2.45, 2.75) is 26.1 Å². The van der Waals surface area contributed by atoms with Crippen molar-refractivity contribution in [3.8, 4) is 0 Å². The monoisotopic (exact) mass is 540 g/mol. The first kappa shape index (κ1) is 26.1. The molecule has 0 amide bonds. The molecule has 0 radical (unpaired) electrons. The van der Waals surface area contributed by atoms with Gasteiger partial charge in [-0.1, -0.05) is 24.3 Å². The Bertz CT molecular complexity index is 725. The zero-order valence-corrected chi connectivity index (χ0v) is 20.4. The summed E-state index contributed by atoms with van der Waals surface area (Å²) >= 11 is 0. The van der Waals surface area contributed by atoms with Gasteiger partial charge in [-0.3, -0.25) is 0 Å². The van der Waals surface area contributed by atoms with Gasteiger partial charge in [-0.25, -0.2) is 13.4 Å². The summed E-state index contributed by atoms with van der Waals surface area (Å²) in [6.45, 7) is 8.78. The van der Waals surface area contributed by atoms with E-state index in [1.807, 2.05) is 38.1 Å². The van der Waals surface area contributed by atoms with Gasteiger partial charge in [0.15, 0.2) is 5.96 Å². The normalized spacial score (nSPS) is 15.6. The van der Waals surface area contributed by atoms with E-state index in [1.54, 1.807) is 0 Å². The second kappa shape index (κ2) is 14.1. The van der Waals surface area contributed by atoms with E-state index in [9.17, 15) is 8.42 Å². The third-order valence-corrected chi connectivity index (χ3v) is 6.14. The van der Waals surface area contributed by atoms with E-state index in [1.165, 1.54) is 4.31 Å². The Morgan fingerprint density at radius 2 is 1.86 bits per heavy atom. The summed E-state index contributed by atoms with van der Waals surface area (Å²) in [5, 5.41) is 6.41. The number of rotatable bonds is 10. The molecular formula is C19H33IN4O4S. The van der Waals surface area contributed by atoms with Gasteiger partial charge in [0.1, 0.15) is 0 Å². The number of ether oxygens (including phenoxy) is 2. The van der Waals surface area contributed by atoms with E-state index in [2.05, 4.69) is 15.6 Å². The molecule has 1 aromatic carbocycles. The number of nitrogens with one attached hydrogen (secondary N) is 2. The highest BCUT2D eigenvalue weighted by Crippen LogP contribution is 2.17. The van der Waals surface area contributed by atoms with Crippen molar-refractivity contribution in [1.29, 1.82) is 0 Å². The standard InChI is InChI=1S/C19H32N4O4S.HI/c1-3-20-19(21-9-12-26-4-2)22-15-17-7-5-6-8-18(17)16-28(24,25)23-10-13-27-14-11-23;/h5-8H,3-4,9-16H2,1-2H3,(H2,20,21,22);1H. The average Bonchev–Trinajstić information content (AvgIpc) is 2.70. The van der Waals surface area contributed by atoms with Crippen LogP contribution in [0.5, 0.6) is 0 Å². The quantitative estimate of drug-likeness (QED) is 0.203. The van der Waals surface area contributed by atoms with Gasteiger partial charge in [-0.2, -0.15) is 4.31 Å². The highest BCUT2D eigenvalue weighted by Gasteiger charge is 2.25. The largest absolute Gasteiger partial charge is 0.380 e. The van der Waals surface area contributed by atoms with Gasteiger partial charge in [-0.05, 0) is 25.0 Å². The van der Waals surface area contributed by atoms with Crippen molar-refractivity contribution in [2.75, 3.05) is 52.6 Å². The van der Waals surface area contributed by atoms with Gasteiger partial charge in [0, 0.05) is 32.8 Å². The lowest BCUT2D eigenvalue weighted by atomic mass is 10.1. The Morgan fingerprint density at radius 3 is 2.52 bits per heavy atom. The summed E-state index contributed by atoms with van der Waals surface area (Å²) in [5.74, 6) is 0.667. The van der Waals surface area contributed by atoms with Crippen molar-refractivity contribution >= 4 is 40.0 Å². The summed E-state index contributed by atoms with van der Waals surface area (Å²) in [6, 6.07) is 7.56. The molecular weight excluding hydrogens is 507 g/mol. The number of sulfonamides is 1. The maximum absolute atomic E-state index is 12.7. The number of benzene rings is 1. The highest BCUT2D eigenvalue weighted by atomic mass is 127. The van der Waals surface area contributed by atoms with Gasteiger partial charge in [0.25, 0.3) is 0 Å². The molecule has 0 unspecified atom stereocenters. The lowest BCUT2D eigenvalue weighted by molar-refractivity contribution is 0.0729. The van der Waals surface area contributed by atoms with Gasteiger partial charge in [0.05, 0.1) is 32.1 Å². The number of aliphatic imine (C=N–C) groups is 1. The van der Waals surface area contributed by atoms with Crippen LogP contribution in [0.2, 0.25) is 0 Å². The molecule has 0 saturated carbocycles. The molecule has 0 spiro atoms. The summed E-state index contributed by atoms with van der Waals surface area (Å²) in [4.78, 5) is 4.59. The van der Waals surface area contributed by atoms with Crippen molar-refractivity contribution in [3.05, 3.63) is 35.4 Å². The third-order valence-electron chi connectivity index (χ3n) is 4.31. The predicted molar refractivity (Wildman–Crippen MR) is 126 cm³/mol. The van der Waals surface area contributed by atoms with E-state index in [-0.39, 0.29) is 29.7 Å². The SMILES string of the molecule is CCNC(=NCc1ccccc1CS(=O)(=O)N1CCOCC1)NCCOCC.I. The number of guanidine groups is 1. The first-order valence-corrected chi connectivity index (χ1v) is 11.4. The zero-order valence-electron chi connectivity index (χ0n) is 17.2. The van der Waals surface area contributed by atoms with Crippen molar-refractivity contribution < 1.29 is 17.9 Å². The topological polar surface area (TPSA) is 92.3 Å². The Balaban J connectivity index is 0.00000420. The van der Waals surface area contributed by atoms with Crippen LogP contribution in [0.3, 0.4) is 0 Å². The molecule has 1 aliphatic heterocycles. The van der Waals surface area contributed by atoms with Crippen LogP contribution >= 0.6 is 24.0 Å². The maximum Gasteiger partial charge on any atom is 0.218 e. The smallest absolute Gasteiger partial charge is 0.218 e. The molecule has 8 nitrogen and oxygen atoms in total. The van der Waals surface area contributed by atoms with E-state index in [0.29, 0.717) is 58.6 Å². The van der Waals surface area contributed by atoms with Crippen molar-refractivity contribution in [2.24, 2.45) is 4.99 Å². The molecule has 0 aliphatic carbocycles. The fourth-order valence-corrected chi connectivity index (χ4v) is 4.42. The van der Waals surface area contributed by atoms with Crippen LogP contribution in [0, 0.1) is 0 Å². The summed E-state index contributed by atoms with van der Waals surface area (Å²) in [6.07, 6.45) is 0. The Hall–Kier alpha value is -0.950. The van der Waals surface area contributed by atoms with Gasteiger partial charge in [-0.15, -0.1) is 24.0 Å². The highest BCUT2D eigenvalue weighted by molar-refractivity contribution is 14.0. The number of morpholine rings is 1. The maximum atomic E-state index is 12.7. The van der Waals surface area contributed by atoms with E-state index in [0.717, 1.165) is 17.7 Å². The summed E-state index contributed by atoms with van der Waals surface area (Å²) in [7, 11) is -3.37. The first-order chi connectivity index (χ1) is 13.6. The lowest BCUT2D eigenvalue weighted by Crippen LogP contribution is -2.41. The number of hydrogen-bond donors (Lipinski definition) is 2. The van der Waals surface area contributed by atoms with E-state index >= 15 is 0 Å².